The second-order valence-corrected chi connectivity index (χ2v) is 4.34. The molecule has 0 aliphatic carbocycles. The third-order valence-corrected chi connectivity index (χ3v) is 2.54. The van der Waals surface area contributed by atoms with Crippen molar-refractivity contribution in [3.8, 4) is 5.75 Å². The van der Waals surface area contributed by atoms with Gasteiger partial charge >= 0.3 is 0 Å². The Hall–Kier alpha value is -1.10. The van der Waals surface area contributed by atoms with E-state index in [0.717, 1.165) is 12.0 Å². The van der Waals surface area contributed by atoms with Gasteiger partial charge in [-0.1, -0.05) is 25.9 Å². The second-order valence-electron chi connectivity index (χ2n) is 4.34. The van der Waals surface area contributed by atoms with E-state index in [4.69, 9.17) is 15.0 Å². The van der Waals surface area contributed by atoms with E-state index >= 15 is 0 Å². The molecule has 4 nitrogen and oxygen atoms in total. The maximum Gasteiger partial charge on any atom is 0.119 e. The maximum atomic E-state index is 9.94. The Morgan fingerprint density at radius 3 is 2.79 bits per heavy atom. The van der Waals surface area contributed by atoms with E-state index in [1.165, 1.54) is 6.92 Å². The molecule has 1 rings (SSSR count). The predicted molar refractivity (Wildman–Crippen MR) is 76.7 cm³/mol. The van der Waals surface area contributed by atoms with Gasteiger partial charge in [0.2, 0.25) is 0 Å². The fourth-order valence-electron chi connectivity index (χ4n) is 1.46. The van der Waals surface area contributed by atoms with Crippen LogP contribution in [0.1, 0.15) is 24.8 Å². The summed E-state index contributed by atoms with van der Waals surface area (Å²) in [5, 5.41) is 12.6. The molecule has 0 radical (unpaired) electrons. The summed E-state index contributed by atoms with van der Waals surface area (Å²) in [4.78, 5) is 0. The highest BCUT2D eigenvalue weighted by atomic mass is 16.5. The van der Waals surface area contributed by atoms with Gasteiger partial charge < -0.3 is 19.9 Å². The van der Waals surface area contributed by atoms with Crippen LogP contribution in [0.4, 0.5) is 0 Å². The highest BCUT2D eigenvalue weighted by Gasteiger charge is 2.05. The fourth-order valence-corrected chi connectivity index (χ4v) is 1.46. The van der Waals surface area contributed by atoms with Crippen LogP contribution < -0.4 is 10.1 Å². The average molecular weight is 271 g/mol. The van der Waals surface area contributed by atoms with Gasteiger partial charge in [0.15, 0.2) is 0 Å². The maximum absolute atomic E-state index is 9.94. The van der Waals surface area contributed by atoms with Gasteiger partial charge in [0.1, 0.15) is 18.4 Å². The van der Waals surface area contributed by atoms with Crippen LogP contribution in [-0.2, 0) is 11.2 Å². The number of hydrogen-bond donors (Lipinski definition) is 2. The van der Waals surface area contributed by atoms with Crippen LogP contribution in [0.25, 0.3) is 0 Å². The topological polar surface area (TPSA) is 50.7 Å². The molecule has 2 N–H and O–H groups in total. The number of benzene rings is 1. The summed E-state index contributed by atoms with van der Waals surface area (Å²) in [5.74, 6) is 0.542. The molecular formula is C15H25NO3. The van der Waals surface area contributed by atoms with Gasteiger partial charge in [-0.05, 0) is 24.1 Å². The van der Waals surface area contributed by atoms with Gasteiger partial charge in [-0.3, -0.25) is 0 Å². The molecule has 0 bridgehead atoms. The van der Waals surface area contributed by atoms with Crippen LogP contribution in [0.3, 0.4) is 0 Å². The first-order chi connectivity index (χ1) is 10.6. The molecule has 19 heavy (non-hydrogen) atoms. The van der Waals surface area contributed by atoms with Gasteiger partial charge in [-0.25, -0.2) is 0 Å². The summed E-state index contributed by atoms with van der Waals surface area (Å²) in [6.45, 7) is -0.499. The minimum Gasteiger partial charge on any atom is -0.491 e. The molecule has 2 unspecified atom stereocenters. The fraction of sp³-hybridized carbons (Fsp3) is 0.600. The molecule has 0 heterocycles. The molecule has 0 saturated heterocycles. The zero-order valence-electron chi connectivity index (χ0n) is 15.5. The van der Waals surface area contributed by atoms with Crippen molar-refractivity contribution < 1.29 is 20.1 Å². The third-order valence-electron chi connectivity index (χ3n) is 2.54. The number of methoxy groups -OCH3 is 1. The second kappa shape index (κ2) is 8.91. The summed E-state index contributed by atoms with van der Waals surface area (Å²) >= 11 is 0. The lowest BCUT2D eigenvalue weighted by atomic mass is 10.1. The number of ether oxygens (including phenoxy) is 2. The first kappa shape index (κ1) is 10.7. The molecule has 0 spiro atoms. The molecule has 0 aliphatic rings. The Kier molecular flexibility index (Phi) is 5.00. The smallest absolute Gasteiger partial charge is 0.119 e. The standard InChI is InChI=1S/C15H25NO3/c1-12(2)16-10-14(17)11-19-15-6-4-13(5-7-15)8-9-18-3/h4-7,12,14,16-17H,8-11H2,1-3H3/i1D3,14D. The van der Waals surface area contributed by atoms with Gasteiger partial charge in [0.05, 0.1) is 7.98 Å². The highest BCUT2D eigenvalue weighted by molar-refractivity contribution is 5.27. The summed E-state index contributed by atoms with van der Waals surface area (Å²) in [7, 11) is 1.65. The van der Waals surface area contributed by atoms with Crippen molar-refractivity contribution in [2.75, 3.05) is 26.9 Å². The van der Waals surface area contributed by atoms with Crippen LogP contribution in [0.5, 0.6) is 5.75 Å². The minimum atomic E-state index is -2.17. The highest BCUT2D eigenvalue weighted by Crippen LogP contribution is 2.12. The molecule has 0 aromatic heterocycles. The summed E-state index contributed by atoms with van der Waals surface area (Å²) in [6, 6.07) is 6.51. The van der Waals surface area contributed by atoms with Crippen molar-refractivity contribution >= 4 is 0 Å². The van der Waals surface area contributed by atoms with Crippen LogP contribution in [0.15, 0.2) is 24.3 Å². The predicted octanol–water partition coefficient (Wildman–Crippen LogP) is 1.61. The Balaban J connectivity index is 2.43. The van der Waals surface area contributed by atoms with Gasteiger partial charge in [0.25, 0.3) is 0 Å². The van der Waals surface area contributed by atoms with E-state index < -0.39 is 19.0 Å². The van der Waals surface area contributed by atoms with E-state index in [2.05, 4.69) is 5.32 Å². The van der Waals surface area contributed by atoms with E-state index in [-0.39, 0.29) is 13.2 Å². The van der Waals surface area contributed by atoms with E-state index in [1.807, 2.05) is 12.1 Å². The van der Waals surface area contributed by atoms with Crippen molar-refractivity contribution in [1.29, 1.82) is 0 Å². The Bertz CT molecular complexity index is 463. The molecule has 2 atom stereocenters. The molecule has 0 fully saturated rings. The van der Waals surface area contributed by atoms with E-state index in [0.29, 0.717) is 12.4 Å². The largest absolute Gasteiger partial charge is 0.491 e. The van der Waals surface area contributed by atoms with Crippen molar-refractivity contribution in [2.24, 2.45) is 0 Å². The molecule has 0 aliphatic heterocycles. The lowest BCUT2D eigenvalue weighted by Crippen LogP contribution is -2.35. The quantitative estimate of drug-likeness (QED) is 0.716. The molecular weight excluding hydrogens is 242 g/mol. The Morgan fingerprint density at radius 2 is 2.16 bits per heavy atom. The molecule has 0 amide bonds. The molecule has 108 valence electrons. The monoisotopic (exact) mass is 271 g/mol. The van der Waals surface area contributed by atoms with E-state index in [9.17, 15) is 5.11 Å². The number of hydrogen-bond acceptors (Lipinski definition) is 4. The van der Waals surface area contributed by atoms with Crippen molar-refractivity contribution in [2.45, 2.75) is 32.3 Å². The van der Waals surface area contributed by atoms with Gasteiger partial charge in [-0.15, -0.1) is 0 Å². The number of rotatable bonds is 9. The lowest BCUT2D eigenvalue weighted by molar-refractivity contribution is 0.104. The summed E-state index contributed by atoms with van der Waals surface area (Å²) in [5.41, 5.74) is 1.11. The zero-order valence-corrected chi connectivity index (χ0v) is 11.5. The molecule has 1 aromatic rings. The van der Waals surface area contributed by atoms with Gasteiger partial charge in [0, 0.05) is 23.8 Å². The zero-order chi connectivity index (χ0) is 17.5. The summed E-state index contributed by atoms with van der Waals surface area (Å²) in [6.07, 6.45) is -1.11. The normalized spacial score (nSPS) is 19.5. The Labute approximate surface area is 121 Å². The minimum absolute atomic E-state index is 0.196. The van der Waals surface area contributed by atoms with Crippen LogP contribution in [0.2, 0.25) is 0 Å². The van der Waals surface area contributed by atoms with Crippen LogP contribution in [-0.4, -0.2) is 44.1 Å². The Morgan fingerprint density at radius 1 is 1.42 bits per heavy atom. The van der Waals surface area contributed by atoms with E-state index in [1.54, 1.807) is 19.2 Å². The third kappa shape index (κ3) is 7.15. The lowest BCUT2D eigenvalue weighted by Gasteiger charge is -2.15. The molecule has 0 saturated carbocycles. The SMILES string of the molecule is [2H]C(O)(CNC(C)C([2H])([2H])[2H])COc1ccc(CCOC)cc1. The summed E-state index contributed by atoms with van der Waals surface area (Å²) < 4.78 is 39.9. The molecule has 4 heteroatoms. The first-order valence-electron chi connectivity index (χ1n) is 8.30. The van der Waals surface area contributed by atoms with Crippen LogP contribution in [0, 0.1) is 0 Å². The van der Waals surface area contributed by atoms with Crippen LogP contribution >= 0.6 is 0 Å². The number of nitrogens with one attached hydrogen (secondary N) is 1. The average Bonchev–Trinajstić information content (AvgIpc) is 2.49. The van der Waals surface area contributed by atoms with Gasteiger partial charge in [-0.2, -0.15) is 0 Å². The molecule has 1 aromatic carbocycles. The number of aliphatic hydroxyl groups is 1. The van der Waals surface area contributed by atoms with Crippen molar-refractivity contribution in [1.82, 2.24) is 5.32 Å². The first-order valence-corrected chi connectivity index (χ1v) is 6.30. The van der Waals surface area contributed by atoms with Crippen molar-refractivity contribution in [3.05, 3.63) is 29.8 Å². The van der Waals surface area contributed by atoms with Crippen molar-refractivity contribution in [3.63, 3.8) is 0 Å².